The summed E-state index contributed by atoms with van der Waals surface area (Å²) in [6.07, 6.45) is 0. The van der Waals surface area contributed by atoms with Gasteiger partial charge in [-0.3, -0.25) is 0 Å². The monoisotopic (exact) mass is 408 g/mol. The van der Waals surface area contributed by atoms with Gasteiger partial charge in [-0.25, -0.2) is 0 Å². The Morgan fingerprint density at radius 3 is 0.857 bits per heavy atom. The first-order valence-corrected chi connectivity index (χ1v) is 8.41. The van der Waals surface area contributed by atoms with E-state index in [2.05, 4.69) is 0 Å². The van der Waals surface area contributed by atoms with E-state index >= 15 is 0 Å². The van der Waals surface area contributed by atoms with E-state index in [1.165, 1.54) is 11.1 Å². The van der Waals surface area contributed by atoms with Gasteiger partial charge >= 0.3 is 0 Å². The molecule has 0 bridgehead atoms. The van der Waals surface area contributed by atoms with Crippen LogP contribution in [0.15, 0.2) is 109 Å². The number of hydrogen-bond acceptors (Lipinski definition) is 2. The molecule has 0 aliphatic rings. The number of hydrogen-bond donors (Lipinski definition) is 2. The standard InChI is InChI=1S/2C12H10O.2H2S/c2*13-12-8-6-11(7-9-12)10-4-2-1-3-5-10;;/h2*1-9,13H;2*1H2. The van der Waals surface area contributed by atoms with Gasteiger partial charge in [-0.2, -0.15) is 27.0 Å². The number of aromatic hydroxyl groups is 2. The lowest BCUT2D eigenvalue weighted by Crippen LogP contribution is -1.74. The molecule has 0 spiro atoms. The predicted molar refractivity (Wildman–Crippen MR) is 128 cm³/mol. The number of benzene rings is 4. The van der Waals surface area contributed by atoms with E-state index in [0.29, 0.717) is 11.5 Å². The van der Waals surface area contributed by atoms with E-state index in [9.17, 15) is 0 Å². The maximum atomic E-state index is 9.10. The van der Waals surface area contributed by atoms with Crippen LogP contribution in [-0.2, 0) is 0 Å². The smallest absolute Gasteiger partial charge is 0.115 e. The van der Waals surface area contributed by atoms with Crippen molar-refractivity contribution in [3.63, 3.8) is 0 Å². The lowest BCUT2D eigenvalue weighted by molar-refractivity contribution is 0.475. The second-order valence-electron chi connectivity index (χ2n) is 5.83. The minimum absolute atomic E-state index is 0. The van der Waals surface area contributed by atoms with Crippen LogP contribution in [0.2, 0.25) is 0 Å². The zero-order valence-corrected chi connectivity index (χ0v) is 17.3. The van der Waals surface area contributed by atoms with E-state index in [0.717, 1.165) is 11.1 Å². The van der Waals surface area contributed by atoms with Crippen molar-refractivity contribution in [1.82, 2.24) is 0 Å². The van der Waals surface area contributed by atoms with Gasteiger partial charge in [0.1, 0.15) is 11.5 Å². The van der Waals surface area contributed by atoms with Gasteiger partial charge < -0.3 is 10.2 Å². The Bertz CT molecular complexity index is 843. The molecule has 0 aliphatic heterocycles. The van der Waals surface area contributed by atoms with Crippen LogP contribution in [0.5, 0.6) is 11.5 Å². The molecule has 0 saturated carbocycles. The molecule has 0 atom stereocenters. The molecular formula is C24H24O2S2. The lowest BCUT2D eigenvalue weighted by atomic mass is 10.1. The molecular weight excluding hydrogens is 384 g/mol. The highest BCUT2D eigenvalue weighted by molar-refractivity contribution is 7.59. The van der Waals surface area contributed by atoms with Crippen molar-refractivity contribution in [2.75, 3.05) is 0 Å². The summed E-state index contributed by atoms with van der Waals surface area (Å²) in [7, 11) is 0. The SMILES string of the molecule is Oc1ccc(-c2ccccc2)cc1.Oc1ccc(-c2ccccc2)cc1.S.S. The second kappa shape index (κ2) is 11.8. The number of rotatable bonds is 2. The Kier molecular flexibility index (Phi) is 9.79. The van der Waals surface area contributed by atoms with E-state index in [4.69, 9.17) is 10.2 Å². The highest BCUT2D eigenvalue weighted by Crippen LogP contribution is 2.21. The average Bonchev–Trinajstić information content (AvgIpc) is 2.71. The Labute approximate surface area is 180 Å². The van der Waals surface area contributed by atoms with Crippen LogP contribution < -0.4 is 0 Å². The molecule has 4 rings (SSSR count). The maximum absolute atomic E-state index is 9.10. The van der Waals surface area contributed by atoms with Gasteiger partial charge in [0.15, 0.2) is 0 Å². The van der Waals surface area contributed by atoms with Crippen molar-refractivity contribution in [1.29, 1.82) is 0 Å². The molecule has 4 aromatic carbocycles. The fraction of sp³-hybridized carbons (Fsp3) is 0. The van der Waals surface area contributed by atoms with Crippen molar-refractivity contribution in [2.24, 2.45) is 0 Å². The molecule has 0 heterocycles. The van der Waals surface area contributed by atoms with Gasteiger partial charge in [-0.05, 0) is 46.5 Å². The van der Waals surface area contributed by atoms with Gasteiger partial charge in [0.05, 0.1) is 0 Å². The quantitative estimate of drug-likeness (QED) is 0.406. The van der Waals surface area contributed by atoms with Crippen molar-refractivity contribution in [2.45, 2.75) is 0 Å². The summed E-state index contributed by atoms with van der Waals surface area (Å²) in [5.74, 6) is 0.611. The Morgan fingerprint density at radius 2 is 0.571 bits per heavy atom. The van der Waals surface area contributed by atoms with Crippen LogP contribution in [0.4, 0.5) is 0 Å². The van der Waals surface area contributed by atoms with Crippen LogP contribution in [0.3, 0.4) is 0 Å². The Hall–Kier alpha value is -2.82. The minimum Gasteiger partial charge on any atom is -0.508 e. The first-order valence-electron chi connectivity index (χ1n) is 8.41. The van der Waals surface area contributed by atoms with Crippen LogP contribution in [0.1, 0.15) is 0 Å². The summed E-state index contributed by atoms with van der Waals surface area (Å²) in [4.78, 5) is 0. The highest BCUT2D eigenvalue weighted by atomic mass is 32.1. The summed E-state index contributed by atoms with van der Waals surface area (Å²) < 4.78 is 0. The lowest BCUT2D eigenvalue weighted by Gasteiger charge is -2.00. The summed E-state index contributed by atoms with van der Waals surface area (Å²) >= 11 is 0. The van der Waals surface area contributed by atoms with Gasteiger partial charge in [0.25, 0.3) is 0 Å². The first kappa shape index (κ1) is 23.2. The third-order valence-corrected chi connectivity index (χ3v) is 3.95. The molecule has 0 saturated heterocycles. The highest BCUT2D eigenvalue weighted by Gasteiger charge is 1.95. The fourth-order valence-electron chi connectivity index (χ4n) is 2.57. The Morgan fingerprint density at radius 1 is 0.321 bits per heavy atom. The fourth-order valence-corrected chi connectivity index (χ4v) is 2.57. The van der Waals surface area contributed by atoms with E-state index in [1.54, 1.807) is 24.3 Å². The van der Waals surface area contributed by atoms with Crippen molar-refractivity contribution < 1.29 is 10.2 Å². The number of phenols is 2. The summed E-state index contributed by atoms with van der Waals surface area (Å²) in [6.45, 7) is 0. The Balaban J connectivity index is 0.000000261. The molecule has 0 radical (unpaired) electrons. The summed E-state index contributed by atoms with van der Waals surface area (Å²) in [5.41, 5.74) is 4.59. The molecule has 0 aromatic heterocycles. The van der Waals surface area contributed by atoms with Gasteiger partial charge in [-0.15, -0.1) is 0 Å². The van der Waals surface area contributed by atoms with Gasteiger partial charge in [0, 0.05) is 0 Å². The zero-order valence-electron chi connectivity index (χ0n) is 15.3. The maximum Gasteiger partial charge on any atom is 0.115 e. The first-order chi connectivity index (χ1) is 12.7. The third kappa shape index (κ3) is 6.72. The van der Waals surface area contributed by atoms with Gasteiger partial charge in [-0.1, -0.05) is 84.9 Å². The summed E-state index contributed by atoms with van der Waals surface area (Å²) in [5, 5.41) is 18.2. The molecule has 0 fully saturated rings. The van der Waals surface area contributed by atoms with Gasteiger partial charge in [0.2, 0.25) is 0 Å². The van der Waals surface area contributed by atoms with Crippen LogP contribution >= 0.6 is 27.0 Å². The molecule has 2 N–H and O–H groups in total. The van der Waals surface area contributed by atoms with Crippen LogP contribution in [0.25, 0.3) is 22.3 Å². The molecule has 0 aliphatic carbocycles. The van der Waals surface area contributed by atoms with Crippen molar-refractivity contribution >= 4 is 27.0 Å². The number of phenolic OH excluding ortho intramolecular Hbond substituents is 2. The zero-order chi connectivity index (χ0) is 18.2. The van der Waals surface area contributed by atoms with Crippen molar-refractivity contribution in [3.8, 4) is 33.8 Å². The topological polar surface area (TPSA) is 40.5 Å². The molecule has 0 amide bonds. The largest absolute Gasteiger partial charge is 0.508 e. The second-order valence-corrected chi connectivity index (χ2v) is 5.83. The van der Waals surface area contributed by atoms with E-state index in [1.807, 2.05) is 84.9 Å². The minimum atomic E-state index is 0. The predicted octanol–water partition coefficient (Wildman–Crippen LogP) is 6.34. The molecule has 0 unspecified atom stereocenters. The third-order valence-electron chi connectivity index (χ3n) is 3.95. The van der Waals surface area contributed by atoms with E-state index < -0.39 is 0 Å². The molecule has 144 valence electrons. The molecule has 2 nitrogen and oxygen atoms in total. The van der Waals surface area contributed by atoms with Crippen LogP contribution in [0, 0.1) is 0 Å². The normalized spacial score (nSPS) is 9.14. The average molecular weight is 409 g/mol. The molecule has 4 heteroatoms. The molecule has 4 aromatic rings. The van der Waals surface area contributed by atoms with Crippen LogP contribution in [-0.4, -0.2) is 10.2 Å². The summed E-state index contributed by atoms with van der Waals surface area (Å²) in [6, 6.07) is 34.6. The molecule has 28 heavy (non-hydrogen) atoms. The van der Waals surface area contributed by atoms with E-state index in [-0.39, 0.29) is 27.0 Å². The van der Waals surface area contributed by atoms with Crippen molar-refractivity contribution in [3.05, 3.63) is 109 Å².